The number of hydrazone groups is 1. The average Bonchev–Trinajstić information content (AvgIpc) is 3.19. The fraction of sp³-hybridized carbons (Fsp3) is 0. The summed E-state index contributed by atoms with van der Waals surface area (Å²) < 4.78 is 15.5. The van der Waals surface area contributed by atoms with Gasteiger partial charge in [0.2, 0.25) is 0 Å². The predicted octanol–water partition coefficient (Wildman–Crippen LogP) is 3.84. The lowest BCUT2D eigenvalue weighted by Crippen LogP contribution is -2.18. The first-order chi connectivity index (χ1) is 14.2. The fourth-order valence-electron chi connectivity index (χ4n) is 2.79. The number of hydrogen-bond donors (Lipinski definition) is 1. The van der Waals surface area contributed by atoms with Crippen LogP contribution < -0.4 is 5.43 Å². The van der Waals surface area contributed by atoms with E-state index in [-0.39, 0.29) is 5.56 Å². The molecule has 1 N–H and O–H groups in total. The highest BCUT2D eigenvalue weighted by Crippen LogP contribution is 2.21. The summed E-state index contributed by atoms with van der Waals surface area (Å²) in [7, 11) is 0. The highest BCUT2D eigenvalue weighted by Gasteiger charge is 2.12. The normalized spacial score (nSPS) is 10.9. The molecule has 0 bridgehead atoms. The molecule has 0 atom stereocenters. The second-order valence-corrected chi connectivity index (χ2v) is 6.13. The minimum absolute atomic E-state index is 0.0721. The molecule has 0 radical (unpaired) electrons. The van der Waals surface area contributed by atoms with Crippen molar-refractivity contribution < 1.29 is 9.18 Å². The molecule has 0 aliphatic heterocycles. The van der Waals surface area contributed by atoms with Crippen LogP contribution in [-0.2, 0) is 0 Å². The van der Waals surface area contributed by atoms with Crippen LogP contribution in [0.25, 0.3) is 16.9 Å². The van der Waals surface area contributed by atoms with Crippen molar-refractivity contribution in [3.8, 4) is 16.9 Å². The lowest BCUT2D eigenvalue weighted by Gasteiger charge is -2.01. The van der Waals surface area contributed by atoms with Gasteiger partial charge in [-0.1, -0.05) is 30.3 Å². The maximum atomic E-state index is 13.7. The van der Waals surface area contributed by atoms with Crippen LogP contribution in [0.5, 0.6) is 0 Å². The molecule has 0 unspecified atom stereocenters. The number of pyridine rings is 1. The number of hydrogen-bond acceptors (Lipinski definition) is 4. The summed E-state index contributed by atoms with van der Waals surface area (Å²) in [6.07, 6.45) is 6.66. The van der Waals surface area contributed by atoms with E-state index in [1.165, 1.54) is 24.4 Å². The number of carbonyl (C=O) groups excluding carboxylic acids is 1. The monoisotopic (exact) mass is 385 g/mol. The van der Waals surface area contributed by atoms with E-state index >= 15 is 0 Å². The Morgan fingerprint density at radius 1 is 1.03 bits per heavy atom. The molecule has 1 amide bonds. The SMILES string of the molecule is O=C(N/N=C\c1cn(-c2ccccc2)nc1-c1cccnc1)c1ccccc1F. The van der Waals surface area contributed by atoms with Gasteiger partial charge in [0.15, 0.2) is 0 Å². The first kappa shape index (κ1) is 18.2. The largest absolute Gasteiger partial charge is 0.274 e. The number of aromatic nitrogens is 3. The van der Waals surface area contributed by atoms with Crippen molar-refractivity contribution in [2.75, 3.05) is 0 Å². The van der Waals surface area contributed by atoms with Crippen LogP contribution in [0.15, 0.2) is 90.4 Å². The third-order valence-electron chi connectivity index (χ3n) is 4.19. The number of carbonyl (C=O) groups is 1. The molecule has 4 aromatic rings. The van der Waals surface area contributed by atoms with Gasteiger partial charge in [-0.2, -0.15) is 10.2 Å². The van der Waals surface area contributed by atoms with Gasteiger partial charge < -0.3 is 0 Å². The molecule has 4 rings (SSSR count). The molecule has 0 aliphatic rings. The number of rotatable bonds is 5. The van der Waals surface area contributed by atoms with Crippen LogP contribution in [0.3, 0.4) is 0 Å². The van der Waals surface area contributed by atoms with Crippen LogP contribution >= 0.6 is 0 Å². The molecule has 29 heavy (non-hydrogen) atoms. The highest BCUT2D eigenvalue weighted by molar-refractivity contribution is 5.95. The Bertz CT molecular complexity index is 1160. The van der Waals surface area contributed by atoms with Gasteiger partial charge in [-0.3, -0.25) is 9.78 Å². The molecule has 0 aliphatic carbocycles. The van der Waals surface area contributed by atoms with Gasteiger partial charge in [-0.05, 0) is 36.4 Å². The van der Waals surface area contributed by atoms with Gasteiger partial charge in [0.1, 0.15) is 11.5 Å². The summed E-state index contributed by atoms with van der Waals surface area (Å²) in [5.41, 5.74) is 5.31. The third-order valence-corrected chi connectivity index (χ3v) is 4.19. The second kappa shape index (κ2) is 8.26. The fourth-order valence-corrected chi connectivity index (χ4v) is 2.79. The van der Waals surface area contributed by atoms with E-state index in [1.54, 1.807) is 29.3 Å². The molecular formula is C22H16FN5O. The Kier molecular flexibility index (Phi) is 5.20. The number of para-hydroxylation sites is 1. The van der Waals surface area contributed by atoms with E-state index in [4.69, 9.17) is 0 Å². The van der Waals surface area contributed by atoms with Crippen molar-refractivity contribution in [1.29, 1.82) is 0 Å². The van der Waals surface area contributed by atoms with E-state index in [2.05, 4.69) is 20.6 Å². The van der Waals surface area contributed by atoms with Gasteiger partial charge in [0.05, 0.1) is 17.5 Å². The third kappa shape index (κ3) is 4.08. The van der Waals surface area contributed by atoms with Crippen molar-refractivity contribution in [2.24, 2.45) is 5.10 Å². The van der Waals surface area contributed by atoms with Crippen LogP contribution in [0.4, 0.5) is 4.39 Å². The summed E-state index contributed by atoms with van der Waals surface area (Å²) in [6.45, 7) is 0. The molecule has 0 fully saturated rings. The average molecular weight is 385 g/mol. The van der Waals surface area contributed by atoms with Crippen molar-refractivity contribution in [2.45, 2.75) is 0 Å². The van der Waals surface area contributed by atoms with Crippen LogP contribution in [-0.4, -0.2) is 26.9 Å². The number of amides is 1. The number of benzene rings is 2. The molecule has 2 aromatic heterocycles. The molecule has 2 aromatic carbocycles. The Labute approximate surface area is 166 Å². The van der Waals surface area contributed by atoms with Gasteiger partial charge >= 0.3 is 0 Å². The van der Waals surface area contributed by atoms with Crippen molar-refractivity contribution in [3.63, 3.8) is 0 Å². The van der Waals surface area contributed by atoms with Crippen LogP contribution in [0.1, 0.15) is 15.9 Å². The number of halogens is 1. The molecule has 0 saturated carbocycles. The molecular weight excluding hydrogens is 369 g/mol. The van der Waals surface area contributed by atoms with Gasteiger partial charge in [-0.25, -0.2) is 14.5 Å². The summed E-state index contributed by atoms with van der Waals surface area (Å²) in [5.74, 6) is -1.23. The zero-order valence-corrected chi connectivity index (χ0v) is 15.2. The Hall–Kier alpha value is -4.13. The molecule has 142 valence electrons. The minimum atomic E-state index is -0.627. The Morgan fingerprint density at radius 3 is 2.59 bits per heavy atom. The second-order valence-electron chi connectivity index (χ2n) is 6.13. The first-order valence-electron chi connectivity index (χ1n) is 8.86. The molecule has 7 heteroatoms. The topological polar surface area (TPSA) is 72.2 Å². The standard InChI is InChI=1S/C22H16FN5O/c23-20-11-5-4-10-19(20)22(29)26-25-14-17-15-28(18-8-2-1-3-9-18)27-21(17)16-7-6-12-24-13-16/h1-15H,(H,26,29)/b25-14-. The quantitative estimate of drug-likeness (QED) is 0.419. The summed E-state index contributed by atoms with van der Waals surface area (Å²) >= 11 is 0. The lowest BCUT2D eigenvalue weighted by atomic mass is 10.1. The van der Waals surface area contributed by atoms with E-state index in [9.17, 15) is 9.18 Å². The van der Waals surface area contributed by atoms with Crippen molar-refractivity contribution >= 4 is 12.1 Å². The summed E-state index contributed by atoms with van der Waals surface area (Å²) in [4.78, 5) is 16.3. The smallest absolute Gasteiger partial charge is 0.267 e. The van der Waals surface area contributed by atoms with Crippen LogP contribution in [0, 0.1) is 5.82 Å². The Morgan fingerprint density at radius 2 is 1.83 bits per heavy atom. The van der Waals surface area contributed by atoms with E-state index in [0.717, 1.165) is 11.3 Å². The lowest BCUT2D eigenvalue weighted by molar-refractivity contribution is 0.0951. The minimum Gasteiger partial charge on any atom is -0.267 e. The van der Waals surface area contributed by atoms with Gasteiger partial charge in [0, 0.05) is 29.7 Å². The van der Waals surface area contributed by atoms with Crippen molar-refractivity contribution in [3.05, 3.63) is 102 Å². The van der Waals surface area contributed by atoms with E-state index in [0.29, 0.717) is 11.3 Å². The van der Waals surface area contributed by atoms with Gasteiger partial charge in [-0.15, -0.1) is 0 Å². The first-order valence-corrected chi connectivity index (χ1v) is 8.86. The highest BCUT2D eigenvalue weighted by atomic mass is 19.1. The van der Waals surface area contributed by atoms with Crippen LogP contribution in [0.2, 0.25) is 0 Å². The summed E-state index contributed by atoms with van der Waals surface area (Å²) in [6, 6.07) is 19.1. The van der Waals surface area contributed by atoms with Gasteiger partial charge in [0.25, 0.3) is 5.91 Å². The van der Waals surface area contributed by atoms with Crippen molar-refractivity contribution in [1.82, 2.24) is 20.2 Å². The van der Waals surface area contributed by atoms with E-state index < -0.39 is 11.7 Å². The molecule has 0 saturated heterocycles. The molecule has 6 nitrogen and oxygen atoms in total. The van der Waals surface area contributed by atoms with E-state index in [1.807, 2.05) is 42.5 Å². The Balaban J connectivity index is 1.63. The number of nitrogens with one attached hydrogen (secondary N) is 1. The zero-order chi connectivity index (χ0) is 20.1. The maximum Gasteiger partial charge on any atom is 0.274 e. The summed E-state index contributed by atoms with van der Waals surface area (Å²) in [5, 5.41) is 8.62. The zero-order valence-electron chi connectivity index (χ0n) is 15.2. The molecule has 2 heterocycles. The predicted molar refractivity (Wildman–Crippen MR) is 108 cm³/mol. The maximum absolute atomic E-state index is 13.7. The number of nitrogens with zero attached hydrogens (tertiary/aromatic N) is 4. The molecule has 0 spiro atoms.